The van der Waals surface area contributed by atoms with E-state index in [1.807, 2.05) is 0 Å². The van der Waals surface area contributed by atoms with Crippen molar-refractivity contribution in [2.24, 2.45) is 0 Å². The van der Waals surface area contributed by atoms with Crippen molar-refractivity contribution in [2.45, 2.75) is 12.6 Å². The van der Waals surface area contributed by atoms with Crippen LogP contribution >= 0.6 is 11.6 Å². The van der Waals surface area contributed by atoms with Gasteiger partial charge in [-0.3, -0.25) is 4.79 Å². The Bertz CT molecular complexity index is 432. The normalized spacial score (nSPS) is 11.7. The second-order valence-electron chi connectivity index (χ2n) is 2.98. The number of halogens is 6. The first kappa shape index (κ1) is 13.7. The molecule has 0 radical (unpaired) electrons. The largest absolute Gasteiger partial charge is 0.416 e. The molecule has 0 bridgehead atoms. The highest BCUT2D eigenvalue weighted by atomic mass is 35.5. The SMILES string of the molecule is O=C(Nc1ccc(C(F)(F)F)cc1Cl)C(F)F. The first-order chi connectivity index (χ1) is 7.71. The molecule has 1 aromatic carbocycles. The van der Waals surface area contributed by atoms with E-state index in [1.165, 1.54) is 0 Å². The zero-order chi connectivity index (χ0) is 13.2. The highest BCUT2D eigenvalue weighted by Gasteiger charge is 2.31. The predicted octanol–water partition coefficient (Wildman–Crippen LogP) is 3.56. The van der Waals surface area contributed by atoms with Crippen molar-refractivity contribution >= 4 is 23.2 Å². The van der Waals surface area contributed by atoms with Gasteiger partial charge in [0.1, 0.15) is 0 Å². The molecule has 1 rings (SSSR count). The molecule has 8 heteroatoms. The molecule has 17 heavy (non-hydrogen) atoms. The number of hydrogen-bond acceptors (Lipinski definition) is 1. The summed E-state index contributed by atoms with van der Waals surface area (Å²) in [5, 5.41) is 1.24. The molecule has 0 unspecified atom stereocenters. The van der Waals surface area contributed by atoms with Gasteiger partial charge in [0.25, 0.3) is 5.91 Å². The van der Waals surface area contributed by atoms with Crippen LogP contribution in [0, 0.1) is 0 Å². The van der Waals surface area contributed by atoms with Gasteiger partial charge < -0.3 is 5.32 Å². The molecular weight excluding hydrogens is 269 g/mol. The Kier molecular flexibility index (Phi) is 3.92. The smallest absolute Gasteiger partial charge is 0.320 e. The summed E-state index contributed by atoms with van der Waals surface area (Å²) in [7, 11) is 0. The average molecular weight is 274 g/mol. The number of anilines is 1. The van der Waals surface area contributed by atoms with E-state index in [4.69, 9.17) is 11.6 Å². The number of carbonyl (C=O) groups is 1. The highest BCUT2D eigenvalue weighted by Crippen LogP contribution is 2.33. The Morgan fingerprint density at radius 2 is 1.88 bits per heavy atom. The minimum Gasteiger partial charge on any atom is -0.320 e. The molecule has 0 atom stereocenters. The monoisotopic (exact) mass is 273 g/mol. The van der Waals surface area contributed by atoms with Crippen molar-refractivity contribution in [2.75, 3.05) is 5.32 Å². The van der Waals surface area contributed by atoms with E-state index in [2.05, 4.69) is 0 Å². The molecule has 0 aliphatic carbocycles. The predicted molar refractivity (Wildman–Crippen MR) is 51.1 cm³/mol. The van der Waals surface area contributed by atoms with E-state index >= 15 is 0 Å². The van der Waals surface area contributed by atoms with Gasteiger partial charge in [0, 0.05) is 0 Å². The summed E-state index contributed by atoms with van der Waals surface area (Å²) in [4.78, 5) is 10.6. The lowest BCUT2D eigenvalue weighted by Crippen LogP contribution is -2.20. The fraction of sp³-hybridized carbons (Fsp3) is 0.222. The Labute approximate surface area is 97.4 Å². The summed E-state index contributed by atoms with van der Waals surface area (Å²) in [6, 6.07) is 1.99. The lowest BCUT2D eigenvalue weighted by atomic mass is 10.2. The lowest BCUT2D eigenvalue weighted by molar-refractivity contribution is -0.137. The van der Waals surface area contributed by atoms with E-state index in [9.17, 15) is 26.7 Å². The van der Waals surface area contributed by atoms with Gasteiger partial charge in [-0.05, 0) is 18.2 Å². The summed E-state index contributed by atoms with van der Waals surface area (Å²) in [5.74, 6) is -1.63. The maximum atomic E-state index is 12.2. The number of carbonyl (C=O) groups excluding carboxylic acids is 1. The molecule has 1 aromatic rings. The third kappa shape index (κ3) is 3.55. The molecule has 0 aliphatic rings. The lowest BCUT2D eigenvalue weighted by Gasteiger charge is -2.10. The number of hydrogen-bond donors (Lipinski definition) is 1. The summed E-state index contributed by atoms with van der Waals surface area (Å²) < 4.78 is 60.4. The zero-order valence-corrected chi connectivity index (χ0v) is 8.74. The van der Waals surface area contributed by atoms with Crippen LogP contribution in [0.3, 0.4) is 0 Å². The number of alkyl halides is 5. The van der Waals surface area contributed by atoms with Gasteiger partial charge in [-0.15, -0.1) is 0 Å². The van der Waals surface area contributed by atoms with Gasteiger partial charge in [0.15, 0.2) is 0 Å². The molecule has 2 nitrogen and oxygen atoms in total. The molecule has 0 saturated heterocycles. The molecule has 0 heterocycles. The van der Waals surface area contributed by atoms with E-state index in [1.54, 1.807) is 5.32 Å². The van der Waals surface area contributed by atoms with Crippen LogP contribution in [-0.2, 0) is 11.0 Å². The highest BCUT2D eigenvalue weighted by molar-refractivity contribution is 6.33. The summed E-state index contributed by atoms with van der Waals surface area (Å²) in [6.07, 6.45) is -7.86. The molecule has 1 amide bonds. The number of nitrogens with one attached hydrogen (secondary N) is 1. The van der Waals surface area contributed by atoms with Gasteiger partial charge in [0.05, 0.1) is 16.3 Å². The minimum absolute atomic E-state index is 0.301. The van der Waals surface area contributed by atoms with Crippen LogP contribution < -0.4 is 5.32 Å². The van der Waals surface area contributed by atoms with Crippen LogP contribution in [0.5, 0.6) is 0 Å². The molecule has 0 saturated carbocycles. The van der Waals surface area contributed by atoms with Crippen molar-refractivity contribution in [3.8, 4) is 0 Å². The second kappa shape index (κ2) is 4.87. The fourth-order valence-electron chi connectivity index (χ4n) is 0.980. The maximum absolute atomic E-state index is 12.2. The molecule has 0 spiro atoms. The van der Waals surface area contributed by atoms with Crippen molar-refractivity contribution < 1.29 is 26.7 Å². The molecule has 0 fully saturated rings. The van der Waals surface area contributed by atoms with Gasteiger partial charge in [-0.25, -0.2) is 0 Å². The molecule has 0 aromatic heterocycles. The average Bonchev–Trinajstić information content (AvgIpc) is 2.19. The van der Waals surface area contributed by atoms with Crippen molar-refractivity contribution in [3.05, 3.63) is 28.8 Å². The third-order valence-electron chi connectivity index (χ3n) is 1.75. The topological polar surface area (TPSA) is 29.1 Å². The van der Waals surface area contributed by atoms with Crippen molar-refractivity contribution in [3.63, 3.8) is 0 Å². The third-order valence-corrected chi connectivity index (χ3v) is 2.07. The number of benzene rings is 1. The van der Waals surface area contributed by atoms with Crippen molar-refractivity contribution in [1.82, 2.24) is 0 Å². The Balaban J connectivity index is 2.95. The first-order valence-electron chi connectivity index (χ1n) is 4.17. The summed E-state index contributed by atoms with van der Waals surface area (Å²) >= 11 is 5.42. The van der Waals surface area contributed by atoms with Gasteiger partial charge in [0.2, 0.25) is 0 Å². The first-order valence-corrected chi connectivity index (χ1v) is 4.55. The standard InChI is InChI=1S/C9H5ClF5NO/c10-5-3-4(9(13,14)15)1-2-6(5)16-8(17)7(11)12/h1-3,7H,(H,16,17). The van der Waals surface area contributed by atoms with Gasteiger partial charge >= 0.3 is 12.6 Å². The second-order valence-corrected chi connectivity index (χ2v) is 3.39. The van der Waals surface area contributed by atoms with E-state index < -0.39 is 29.1 Å². The van der Waals surface area contributed by atoms with Crippen molar-refractivity contribution in [1.29, 1.82) is 0 Å². The molecule has 1 N–H and O–H groups in total. The van der Waals surface area contributed by atoms with Gasteiger partial charge in [-0.2, -0.15) is 22.0 Å². The summed E-state index contributed by atoms with van der Waals surface area (Å²) in [6.45, 7) is 0. The van der Waals surface area contributed by atoms with Crippen LogP contribution in [0.15, 0.2) is 18.2 Å². The Hall–Kier alpha value is -1.37. The van der Waals surface area contributed by atoms with Crippen LogP contribution in [0.4, 0.5) is 27.6 Å². The molecule has 94 valence electrons. The molecule has 0 aliphatic heterocycles. The van der Waals surface area contributed by atoms with E-state index in [-0.39, 0.29) is 5.69 Å². The number of rotatable bonds is 2. The maximum Gasteiger partial charge on any atom is 0.416 e. The van der Waals surface area contributed by atoms with E-state index in [0.29, 0.717) is 12.1 Å². The van der Waals surface area contributed by atoms with Gasteiger partial charge in [-0.1, -0.05) is 11.6 Å². The fourth-order valence-corrected chi connectivity index (χ4v) is 1.21. The van der Waals surface area contributed by atoms with Crippen LogP contribution in [0.1, 0.15) is 5.56 Å². The van der Waals surface area contributed by atoms with E-state index in [0.717, 1.165) is 6.07 Å². The summed E-state index contributed by atoms with van der Waals surface area (Å²) in [5.41, 5.74) is -1.33. The van der Waals surface area contributed by atoms with Crippen LogP contribution in [0.2, 0.25) is 5.02 Å². The van der Waals surface area contributed by atoms with Crippen LogP contribution in [-0.4, -0.2) is 12.3 Å². The molecular formula is C9H5ClF5NO. The Morgan fingerprint density at radius 3 is 2.29 bits per heavy atom. The zero-order valence-electron chi connectivity index (χ0n) is 7.99. The van der Waals surface area contributed by atoms with Crippen LogP contribution in [0.25, 0.3) is 0 Å². The Morgan fingerprint density at radius 1 is 1.29 bits per heavy atom. The number of amides is 1. The minimum atomic E-state index is -4.59. The quantitative estimate of drug-likeness (QED) is 0.820.